The molecule has 5 nitrogen and oxygen atoms in total. The molecule has 0 aliphatic carbocycles. The largest absolute Gasteiger partial charge is 0.480 e. The maximum atomic E-state index is 10.3. The van der Waals surface area contributed by atoms with E-state index in [1.807, 2.05) is 0 Å². The molecule has 0 aromatic rings. The Morgan fingerprint density at radius 3 is 2.64 bits per heavy atom. The molecule has 5 N–H and O–H groups in total. The van der Waals surface area contributed by atoms with Gasteiger partial charge >= 0.3 is 5.97 Å². The smallest absolute Gasteiger partial charge is 0.321 e. The third kappa shape index (κ3) is 9.63. The lowest BCUT2D eigenvalue weighted by Gasteiger charge is -2.04. The van der Waals surface area contributed by atoms with Crippen LogP contribution >= 0.6 is 24.2 Å². The molecule has 0 saturated heterocycles. The molecule has 0 rings (SSSR count). The molecule has 0 aliphatic heterocycles. The number of carboxylic acid groups (broad SMARTS) is 1. The standard InChI is InChI=1S/C7H15N3O2S.ClH/c1-5(8)10-2-3-13-4-6(9)7(11)12;/h6H,2-4,9H2,1H3,(H2,8,10)(H,11,12);1H. The first kappa shape index (κ1) is 16.0. The number of rotatable bonds is 6. The molecule has 1 atom stereocenters. The average Bonchev–Trinajstić information content (AvgIpc) is 2.02. The second-order valence-electron chi connectivity index (χ2n) is 2.54. The van der Waals surface area contributed by atoms with Gasteiger partial charge in [0, 0.05) is 18.1 Å². The molecular weight excluding hydrogens is 226 g/mol. The van der Waals surface area contributed by atoms with Gasteiger partial charge in [0.15, 0.2) is 0 Å². The summed E-state index contributed by atoms with van der Waals surface area (Å²) in [5.74, 6) is 0.735. The van der Waals surface area contributed by atoms with Crippen molar-refractivity contribution >= 4 is 36.0 Å². The van der Waals surface area contributed by atoms with Gasteiger partial charge in [-0.1, -0.05) is 0 Å². The normalized spacial score (nSPS) is 13.1. The van der Waals surface area contributed by atoms with Gasteiger partial charge in [-0.15, -0.1) is 12.4 Å². The summed E-state index contributed by atoms with van der Waals surface area (Å²) in [6, 6.07) is -0.784. The monoisotopic (exact) mass is 241 g/mol. The molecule has 0 aliphatic rings. The van der Waals surface area contributed by atoms with Crippen LogP contribution in [0.1, 0.15) is 6.92 Å². The van der Waals surface area contributed by atoms with E-state index in [2.05, 4.69) is 4.99 Å². The van der Waals surface area contributed by atoms with Gasteiger partial charge < -0.3 is 16.6 Å². The number of aliphatic carboxylic acids is 1. The summed E-state index contributed by atoms with van der Waals surface area (Å²) in [6.45, 7) is 2.33. The summed E-state index contributed by atoms with van der Waals surface area (Å²) in [7, 11) is 0. The third-order valence-corrected chi connectivity index (χ3v) is 2.28. The number of thioether (sulfide) groups is 1. The van der Waals surface area contributed by atoms with Crippen molar-refractivity contribution in [1.29, 1.82) is 0 Å². The zero-order valence-electron chi connectivity index (χ0n) is 7.97. The van der Waals surface area contributed by atoms with E-state index in [1.54, 1.807) is 6.92 Å². The second-order valence-corrected chi connectivity index (χ2v) is 3.69. The molecule has 0 heterocycles. The van der Waals surface area contributed by atoms with Crippen LogP contribution in [0.2, 0.25) is 0 Å². The number of nitrogens with two attached hydrogens (primary N) is 2. The fourth-order valence-corrected chi connectivity index (χ4v) is 1.35. The molecule has 7 heteroatoms. The summed E-state index contributed by atoms with van der Waals surface area (Å²) in [5.41, 5.74) is 10.6. The lowest BCUT2D eigenvalue weighted by Crippen LogP contribution is -2.32. The molecule has 0 spiro atoms. The number of aliphatic imine (C=N–C) groups is 1. The highest BCUT2D eigenvalue weighted by Gasteiger charge is 2.09. The van der Waals surface area contributed by atoms with Gasteiger partial charge in [-0.05, 0) is 6.92 Å². The van der Waals surface area contributed by atoms with E-state index in [1.165, 1.54) is 11.8 Å². The fourth-order valence-electron chi connectivity index (χ4n) is 0.568. The number of hydrogen-bond acceptors (Lipinski definition) is 4. The number of hydrogen-bond donors (Lipinski definition) is 3. The predicted octanol–water partition coefficient (Wildman–Crippen LogP) is -0.0696. The number of halogens is 1. The van der Waals surface area contributed by atoms with Crippen molar-refractivity contribution in [2.24, 2.45) is 16.5 Å². The van der Waals surface area contributed by atoms with Gasteiger partial charge in [0.05, 0.1) is 5.84 Å². The molecule has 0 aromatic heterocycles. The van der Waals surface area contributed by atoms with Gasteiger partial charge in [0.25, 0.3) is 0 Å². The van der Waals surface area contributed by atoms with E-state index in [4.69, 9.17) is 16.6 Å². The molecule has 0 amide bonds. The van der Waals surface area contributed by atoms with Gasteiger partial charge in [0.2, 0.25) is 0 Å². The molecular formula is C7H16ClN3O2S. The molecule has 0 bridgehead atoms. The van der Waals surface area contributed by atoms with Crippen molar-refractivity contribution in [1.82, 2.24) is 0 Å². The van der Waals surface area contributed by atoms with Crippen LogP contribution in [0.15, 0.2) is 4.99 Å². The van der Waals surface area contributed by atoms with Crippen molar-refractivity contribution < 1.29 is 9.90 Å². The summed E-state index contributed by atoms with van der Waals surface area (Å²) in [5, 5.41) is 8.44. The Labute approximate surface area is 93.7 Å². The summed E-state index contributed by atoms with van der Waals surface area (Å²) >= 11 is 1.46. The lowest BCUT2D eigenvalue weighted by atomic mass is 10.4. The van der Waals surface area contributed by atoms with Gasteiger partial charge in [-0.25, -0.2) is 0 Å². The first-order valence-corrected chi connectivity index (χ1v) is 5.02. The Bertz CT molecular complexity index is 197. The third-order valence-electron chi connectivity index (χ3n) is 1.21. The molecule has 0 aromatic carbocycles. The van der Waals surface area contributed by atoms with Crippen molar-refractivity contribution in [2.45, 2.75) is 13.0 Å². The first-order chi connectivity index (χ1) is 6.04. The molecule has 0 saturated carbocycles. The molecule has 0 fully saturated rings. The van der Waals surface area contributed by atoms with Crippen molar-refractivity contribution in [3.63, 3.8) is 0 Å². The van der Waals surface area contributed by atoms with Crippen molar-refractivity contribution in [3.05, 3.63) is 0 Å². The van der Waals surface area contributed by atoms with Crippen LogP contribution in [0.4, 0.5) is 0 Å². The Morgan fingerprint density at radius 2 is 2.21 bits per heavy atom. The van der Waals surface area contributed by atoms with E-state index in [-0.39, 0.29) is 12.4 Å². The van der Waals surface area contributed by atoms with Gasteiger partial charge in [-0.2, -0.15) is 11.8 Å². The predicted molar refractivity (Wildman–Crippen MR) is 62.3 cm³/mol. The zero-order chi connectivity index (χ0) is 10.3. The Morgan fingerprint density at radius 1 is 1.64 bits per heavy atom. The van der Waals surface area contributed by atoms with Gasteiger partial charge in [0.1, 0.15) is 6.04 Å². The number of amidine groups is 1. The average molecular weight is 242 g/mol. The minimum atomic E-state index is -0.967. The SMILES string of the molecule is CC(N)=NCCSCC(N)C(=O)O.Cl. The maximum absolute atomic E-state index is 10.3. The Balaban J connectivity index is 0. The van der Waals surface area contributed by atoms with E-state index in [0.717, 1.165) is 5.75 Å². The second kappa shape index (κ2) is 9.11. The summed E-state index contributed by atoms with van der Waals surface area (Å²) in [4.78, 5) is 14.2. The first-order valence-electron chi connectivity index (χ1n) is 3.86. The summed E-state index contributed by atoms with van der Waals surface area (Å²) < 4.78 is 0. The van der Waals surface area contributed by atoms with E-state index in [9.17, 15) is 4.79 Å². The van der Waals surface area contributed by atoms with Crippen molar-refractivity contribution in [2.75, 3.05) is 18.1 Å². The highest BCUT2D eigenvalue weighted by molar-refractivity contribution is 7.99. The minimum absolute atomic E-state index is 0. The fraction of sp³-hybridized carbons (Fsp3) is 0.714. The van der Waals surface area contributed by atoms with Crippen LogP contribution in [-0.4, -0.2) is 41.0 Å². The van der Waals surface area contributed by atoms with Crippen LogP contribution < -0.4 is 11.5 Å². The lowest BCUT2D eigenvalue weighted by molar-refractivity contribution is -0.137. The summed E-state index contributed by atoms with van der Waals surface area (Å²) in [6.07, 6.45) is 0. The highest BCUT2D eigenvalue weighted by atomic mass is 35.5. The highest BCUT2D eigenvalue weighted by Crippen LogP contribution is 2.01. The van der Waals surface area contributed by atoms with Crippen LogP contribution in [-0.2, 0) is 4.79 Å². The van der Waals surface area contributed by atoms with E-state index >= 15 is 0 Å². The van der Waals surface area contributed by atoms with E-state index in [0.29, 0.717) is 18.1 Å². The number of nitrogens with zero attached hydrogens (tertiary/aromatic N) is 1. The molecule has 1 unspecified atom stereocenters. The Kier molecular flexibility index (Phi) is 10.4. The molecule has 14 heavy (non-hydrogen) atoms. The van der Waals surface area contributed by atoms with Gasteiger partial charge in [-0.3, -0.25) is 9.79 Å². The molecule has 0 radical (unpaired) electrons. The van der Waals surface area contributed by atoms with Crippen LogP contribution in [0, 0.1) is 0 Å². The number of carboxylic acids is 1. The van der Waals surface area contributed by atoms with Crippen molar-refractivity contribution in [3.8, 4) is 0 Å². The quantitative estimate of drug-likeness (QED) is 0.343. The topological polar surface area (TPSA) is 102 Å². The molecule has 84 valence electrons. The van der Waals surface area contributed by atoms with Crippen LogP contribution in [0.5, 0.6) is 0 Å². The Hall–Kier alpha value is -0.460. The van der Waals surface area contributed by atoms with Crippen LogP contribution in [0.25, 0.3) is 0 Å². The number of carbonyl (C=O) groups is 1. The maximum Gasteiger partial charge on any atom is 0.321 e. The van der Waals surface area contributed by atoms with E-state index < -0.39 is 12.0 Å². The minimum Gasteiger partial charge on any atom is -0.480 e. The zero-order valence-corrected chi connectivity index (χ0v) is 9.61. The van der Waals surface area contributed by atoms with Crippen LogP contribution in [0.3, 0.4) is 0 Å².